The maximum absolute atomic E-state index is 13.5. The standard InChI is InChI=1S/C15H11ClFN3O4/c16-11-4-5-14(13(17)7-11)19-15(21)9-24-18-8-10-2-1-3-12(6-10)20(22)23/h1-8H,9H2,(H,19,21)/b18-8-. The number of carbonyl (C=O) groups is 1. The van der Waals surface area contributed by atoms with Gasteiger partial charge >= 0.3 is 0 Å². The number of rotatable bonds is 6. The highest BCUT2D eigenvalue weighted by Gasteiger charge is 2.08. The normalized spacial score (nSPS) is 10.6. The summed E-state index contributed by atoms with van der Waals surface area (Å²) in [4.78, 5) is 26.5. The highest BCUT2D eigenvalue weighted by molar-refractivity contribution is 6.30. The molecular formula is C15H11ClFN3O4. The van der Waals surface area contributed by atoms with E-state index < -0.39 is 23.3 Å². The Labute approximate surface area is 140 Å². The van der Waals surface area contributed by atoms with Crippen LogP contribution in [0, 0.1) is 15.9 Å². The molecule has 2 aromatic rings. The molecule has 0 spiro atoms. The maximum Gasteiger partial charge on any atom is 0.270 e. The van der Waals surface area contributed by atoms with E-state index in [1.807, 2.05) is 0 Å². The Kier molecular flexibility index (Phi) is 5.80. The molecule has 0 atom stereocenters. The van der Waals surface area contributed by atoms with E-state index in [-0.39, 0.29) is 16.4 Å². The minimum atomic E-state index is -0.670. The van der Waals surface area contributed by atoms with E-state index in [0.29, 0.717) is 5.56 Å². The van der Waals surface area contributed by atoms with Crippen LogP contribution in [0.15, 0.2) is 47.6 Å². The predicted octanol–water partition coefficient (Wildman–Crippen LogP) is 3.38. The molecule has 0 aliphatic rings. The third kappa shape index (κ3) is 5.03. The topological polar surface area (TPSA) is 93.8 Å². The van der Waals surface area contributed by atoms with Crippen LogP contribution >= 0.6 is 11.6 Å². The highest BCUT2D eigenvalue weighted by Crippen LogP contribution is 2.18. The first kappa shape index (κ1) is 17.4. The Morgan fingerprint density at radius 2 is 2.17 bits per heavy atom. The lowest BCUT2D eigenvalue weighted by molar-refractivity contribution is -0.384. The van der Waals surface area contributed by atoms with Crippen LogP contribution < -0.4 is 5.32 Å². The zero-order valence-electron chi connectivity index (χ0n) is 12.1. The van der Waals surface area contributed by atoms with Crippen molar-refractivity contribution in [1.29, 1.82) is 0 Å². The van der Waals surface area contributed by atoms with Crippen LogP contribution in [0.3, 0.4) is 0 Å². The van der Waals surface area contributed by atoms with Gasteiger partial charge in [0.15, 0.2) is 6.61 Å². The van der Waals surface area contributed by atoms with Gasteiger partial charge in [0, 0.05) is 22.7 Å². The van der Waals surface area contributed by atoms with Crippen LogP contribution in [-0.2, 0) is 9.63 Å². The lowest BCUT2D eigenvalue weighted by atomic mass is 10.2. The van der Waals surface area contributed by atoms with E-state index in [9.17, 15) is 19.3 Å². The lowest BCUT2D eigenvalue weighted by Crippen LogP contribution is -2.17. The second-order valence-electron chi connectivity index (χ2n) is 4.53. The van der Waals surface area contributed by atoms with Crippen molar-refractivity contribution in [1.82, 2.24) is 0 Å². The molecular weight excluding hydrogens is 341 g/mol. The molecule has 0 saturated heterocycles. The zero-order chi connectivity index (χ0) is 17.5. The first-order valence-electron chi connectivity index (χ1n) is 6.60. The number of halogens is 2. The van der Waals surface area contributed by atoms with Crippen LogP contribution in [0.25, 0.3) is 0 Å². The van der Waals surface area contributed by atoms with Crippen LogP contribution in [-0.4, -0.2) is 23.7 Å². The molecule has 0 aliphatic carbocycles. The molecule has 0 aromatic heterocycles. The van der Waals surface area contributed by atoms with Gasteiger partial charge in [-0.1, -0.05) is 28.9 Å². The molecule has 0 unspecified atom stereocenters. The smallest absolute Gasteiger partial charge is 0.270 e. The third-order valence-electron chi connectivity index (χ3n) is 2.76. The first-order chi connectivity index (χ1) is 11.5. The summed E-state index contributed by atoms with van der Waals surface area (Å²) in [6, 6.07) is 9.54. The first-order valence-corrected chi connectivity index (χ1v) is 6.98. The average molecular weight is 352 g/mol. The van der Waals surface area contributed by atoms with Gasteiger partial charge in [-0.25, -0.2) is 4.39 Å². The summed E-state index contributed by atoms with van der Waals surface area (Å²) in [7, 11) is 0. The van der Waals surface area contributed by atoms with Gasteiger partial charge in [-0.15, -0.1) is 0 Å². The molecule has 9 heteroatoms. The number of carbonyl (C=O) groups excluding carboxylic acids is 1. The fourth-order valence-electron chi connectivity index (χ4n) is 1.69. The molecule has 1 N–H and O–H groups in total. The summed E-state index contributed by atoms with van der Waals surface area (Å²) < 4.78 is 13.5. The molecule has 0 aliphatic heterocycles. The van der Waals surface area contributed by atoms with E-state index in [4.69, 9.17) is 16.4 Å². The molecule has 0 fully saturated rings. The highest BCUT2D eigenvalue weighted by atomic mass is 35.5. The largest absolute Gasteiger partial charge is 0.386 e. The van der Waals surface area contributed by atoms with E-state index >= 15 is 0 Å². The van der Waals surface area contributed by atoms with Crippen molar-refractivity contribution in [2.75, 3.05) is 11.9 Å². The van der Waals surface area contributed by atoms with E-state index in [0.717, 1.165) is 6.07 Å². The third-order valence-corrected chi connectivity index (χ3v) is 2.99. The molecule has 24 heavy (non-hydrogen) atoms. The number of nitro groups is 1. The number of benzene rings is 2. The number of hydrogen-bond acceptors (Lipinski definition) is 5. The minimum Gasteiger partial charge on any atom is -0.386 e. The predicted molar refractivity (Wildman–Crippen MR) is 86.7 cm³/mol. The molecule has 0 saturated carbocycles. The number of nitrogens with one attached hydrogen (secondary N) is 1. The Morgan fingerprint density at radius 1 is 1.38 bits per heavy atom. The Balaban J connectivity index is 1.86. The number of non-ortho nitro benzene ring substituents is 1. The molecule has 1 amide bonds. The second-order valence-corrected chi connectivity index (χ2v) is 4.97. The van der Waals surface area contributed by atoms with Crippen LogP contribution in [0.5, 0.6) is 0 Å². The summed E-state index contributed by atoms with van der Waals surface area (Å²) in [6.45, 7) is -0.451. The van der Waals surface area contributed by atoms with Crippen molar-refractivity contribution in [3.05, 3.63) is 69.0 Å². The van der Waals surface area contributed by atoms with Gasteiger partial charge in [-0.3, -0.25) is 14.9 Å². The van der Waals surface area contributed by atoms with Gasteiger partial charge in [0.05, 0.1) is 16.8 Å². The van der Waals surface area contributed by atoms with Gasteiger partial charge in [0.25, 0.3) is 11.6 Å². The van der Waals surface area contributed by atoms with Crippen molar-refractivity contribution < 1.29 is 18.9 Å². The Morgan fingerprint density at radius 3 is 2.88 bits per heavy atom. The number of nitrogens with zero attached hydrogens (tertiary/aromatic N) is 2. The fraction of sp³-hybridized carbons (Fsp3) is 0.0667. The number of amides is 1. The van der Waals surface area contributed by atoms with Gasteiger partial charge in [-0.05, 0) is 18.2 Å². The number of anilines is 1. The van der Waals surface area contributed by atoms with E-state index in [1.165, 1.54) is 36.5 Å². The fourth-order valence-corrected chi connectivity index (χ4v) is 1.85. The van der Waals surface area contributed by atoms with Gasteiger partial charge in [-0.2, -0.15) is 0 Å². The van der Waals surface area contributed by atoms with Gasteiger partial charge in [0.2, 0.25) is 0 Å². The second kappa shape index (κ2) is 8.02. The summed E-state index contributed by atoms with van der Waals surface area (Å²) in [5, 5.41) is 16.7. The van der Waals surface area contributed by atoms with Crippen LogP contribution in [0.2, 0.25) is 5.02 Å². The summed E-state index contributed by atoms with van der Waals surface area (Å²) in [6.07, 6.45) is 1.23. The van der Waals surface area contributed by atoms with Crippen molar-refractivity contribution in [3.8, 4) is 0 Å². The van der Waals surface area contributed by atoms with Gasteiger partial charge in [0.1, 0.15) is 5.82 Å². The SMILES string of the molecule is O=C(CO/N=C\c1cccc([N+](=O)[O-])c1)Nc1ccc(Cl)cc1F. The molecule has 2 aromatic carbocycles. The van der Waals surface area contributed by atoms with Crippen LogP contribution in [0.4, 0.5) is 15.8 Å². The van der Waals surface area contributed by atoms with Crippen molar-refractivity contribution in [2.45, 2.75) is 0 Å². The molecule has 124 valence electrons. The molecule has 0 heterocycles. The monoisotopic (exact) mass is 351 g/mol. The number of nitro benzene ring substituents is 1. The molecule has 2 rings (SSSR count). The maximum atomic E-state index is 13.5. The van der Waals surface area contributed by atoms with Crippen molar-refractivity contribution in [2.24, 2.45) is 5.16 Å². The van der Waals surface area contributed by atoms with E-state index in [1.54, 1.807) is 6.07 Å². The lowest BCUT2D eigenvalue weighted by Gasteiger charge is -2.05. The summed E-state index contributed by atoms with van der Waals surface area (Å²) >= 11 is 5.61. The van der Waals surface area contributed by atoms with Crippen molar-refractivity contribution in [3.63, 3.8) is 0 Å². The quantitative estimate of drug-likeness (QED) is 0.490. The summed E-state index contributed by atoms with van der Waals surface area (Å²) in [5.74, 6) is -1.29. The Hall–Kier alpha value is -3.00. The molecule has 0 radical (unpaired) electrons. The number of oxime groups is 1. The van der Waals surface area contributed by atoms with Gasteiger partial charge < -0.3 is 10.2 Å². The van der Waals surface area contributed by atoms with Crippen LogP contribution in [0.1, 0.15) is 5.56 Å². The zero-order valence-corrected chi connectivity index (χ0v) is 12.9. The summed E-state index contributed by atoms with van der Waals surface area (Å²) in [5.41, 5.74) is 0.318. The minimum absolute atomic E-state index is 0.0318. The molecule has 0 bridgehead atoms. The molecule has 7 nitrogen and oxygen atoms in total. The van der Waals surface area contributed by atoms with E-state index in [2.05, 4.69) is 10.5 Å². The van der Waals surface area contributed by atoms with Crippen molar-refractivity contribution >= 4 is 35.1 Å². The number of hydrogen-bond donors (Lipinski definition) is 1. The Bertz CT molecular complexity index is 798. The average Bonchev–Trinajstić information content (AvgIpc) is 2.54.